The summed E-state index contributed by atoms with van der Waals surface area (Å²) in [7, 11) is 0. The molecule has 1 atom stereocenters. The Kier molecular flexibility index (Phi) is 4.62. The van der Waals surface area contributed by atoms with E-state index in [0.717, 1.165) is 17.3 Å². The predicted molar refractivity (Wildman–Crippen MR) is 80.5 cm³/mol. The molecule has 0 radical (unpaired) electrons. The maximum absolute atomic E-state index is 13.5. The van der Waals surface area contributed by atoms with Crippen LogP contribution < -0.4 is 5.32 Å². The largest absolute Gasteiger partial charge is 0.390 e. The van der Waals surface area contributed by atoms with Gasteiger partial charge in [0.1, 0.15) is 23.6 Å². The SMILES string of the molecule is Fc1ccc(C2=NO[C@H](CNCc3ccc(F)cc3F)C2)cc1. The molecular formula is C17H15F3N2O. The van der Waals surface area contributed by atoms with Crippen LogP contribution in [0.25, 0.3) is 0 Å². The molecule has 2 aromatic rings. The second-order valence-electron chi connectivity index (χ2n) is 5.34. The van der Waals surface area contributed by atoms with Gasteiger partial charge in [0.15, 0.2) is 0 Å². The van der Waals surface area contributed by atoms with Gasteiger partial charge in [-0.2, -0.15) is 0 Å². The fraction of sp³-hybridized carbons (Fsp3) is 0.235. The fourth-order valence-corrected chi connectivity index (χ4v) is 2.38. The molecule has 0 aliphatic carbocycles. The standard InChI is InChI=1S/C17H15F3N2O/c18-13-4-1-11(2-5-13)17-8-15(23-22-17)10-21-9-12-3-6-14(19)7-16(12)20/h1-7,15,21H,8-10H2/t15-/m0/s1. The van der Waals surface area contributed by atoms with Gasteiger partial charge in [0, 0.05) is 31.1 Å². The van der Waals surface area contributed by atoms with Gasteiger partial charge < -0.3 is 10.2 Å². The molecule has 23 heavy (non-hydrogen) atoms. The van der Waals surface area contributed by atoms with Crippen LogP contribution in [0, 0.1) is 17.5 Å². The minimum atomic E-state index is -0.595. The van der Waals surface area contributed by atoms with Crippen molar-refractivity contribution in [2.24, 2.45) is 5.16 Å². The third kappa shape index (κ3) is 3.90. The summed E-state index contributed by atoms with van der Waals surface area (Å²) < 4.78 is 39.2. The summed E-state index contributed by atoms with van der Waals surface area (Å²) in [5.74, 6) is -1.47. The third-order valence-corrected chi connectivity index (χ3v) is 3.61. The van der Waals surface area contributed by atoms with Crippen LogP contribution >= 0.6 is 0 Å². The highest BCUT2D eigenvalue weighted by molar-refractivity contribution is 6.01. The average molecular weight is 320 g/mol. The molecule has 1 aliphatic rings. The normalized spacial score (nSPS) is 17.0. The van der Waals surface area contributed by atoms with Gasteiger partial charge in [-0.15, -0.1) is 0 Å². The molecule has 1 N–H and O–H groups in total. The van der Waals surface area contributed by atoms with E-state index < -0.39 is 11.6 Å². The summed E-state index contributed by atoms with van der Waals surface area (Å²) in [4.78, 5) is 5.32. The summed E-state index contributed by atoms with van der Waals surface area (Å²) in [6.07, 6.45) is 0.420. The Bertz CT molecular complexity index is 716. The first kappa shape index (κ1) is 15.6. The molecule has 2 aromatic carbocycles. The van der Waals surface area contributed by atoms with E-state index in [2.05, 4.69) is 10.5 Å². The zero-order valence-corrected chi connectivity index (χ0v) is 12.2. The first-order valence-electron chi connectivity index (χ1n) is 7.25. The third-order valence-electron chi connectivity index (χ3n) is 3.61. The molecule has 0 unspecified atom stereocenters. The van der Waals surface area contributed by atoms with Crippen molar-refractivity contribution in [3.8, 4) is 0 Å². The molecule has 0 saturated carbocycles. The minimum Gasteiger partial charge on any atom is -0.390 e. The Morgan fingerprint density at radius 3 is 2.52 bits per heavy atom. The van der Waals surface area contributed by atoms with Crippen molar-refractivity contribution in [1.29, 1.82) is 0 Å². The van der Waals surface area contributed by atoms with E-state index in [1.165, 1.54) is 24.3 Å². The molecule has 120 valence electrons. The van der Waals surface area contributed by atoms with Gasteiger partial charge in [0.2, 0.25) is 0 Å². The Balaban J connectivity index is 1.49. The lowest BCUT2D eigenvalue weighted by atomic mass is 10.0. The zero-order chi connectivity index (χ0) is 16.2. The van der Waals surface area contributed by atoms with E-state index in [1.54, 1.807) is 12.1 Å². The van der Waals surface area contributed by atoms with Crippen LogP contribution in [-0.4, -0.2) is 18.4 Å². The van der Waals surface area contributed by atoms with Gasteiger partial charge in [0.05, 0.1) is 5.71 Å². The van der Waals surface area contributed by atoms with E-state index >= 15 is 0 Å². The van der Waals surface area contributed by atoms with Crippen molar-refractivity contribution < 1.29 is 18.0 Å². The topological polar surface area (TPSA) is 33.6 Å². The van der Waals surface area contributed by atoms with Crippen LogP contribution in [0.15, 0.2) is 47.6 Å². The zero-order valence-electron chi connectivity index (χ0n) is 12.2. The number of halogens is 3. The molecule has 0 aromatic heterocycles. The van der Waals surface area contributed by atoms with Crippen molar-refractivity contribution in [2.75, 3.05) is 6.54 Å². The lowest BCUT2D eigenvalue weighted by Gasteiger charge is -2.10. The van der Waals surface area contributed by atoms with E-state index in [9.17, 15) is 13.2 Å². The summed E-state index contributed by atoms with van der Waals surface area (Å²) in [6.45, 7) is 0.753. The summed E-state index contributed by atoms with van der Waals surface area (Å²) in [5, 5.41) is 7.07. The molecule has 3 rings (SSSR count). The molecule has 1 aliphatic heterocycles. The van der Waals surface area contributed by atoms with Gasteiger partial charge in [-0.1, -0.05) is 23.4 Å². The molecule has 3 nitrogen and oxygen atoms in total. The van der Waals surface area contributed by atoms with Gasteiger partial charge in [0.25, 0.3) is 0 Å². The summed E-state index contributed by atoms with van der Waals surface area (Å²) in [5.41, 5.74) is 1.97. The Morgan fingerprint density at radius 2 is 1.78 bits per heavy atom. The minimum absolute atomic E-state index is 0.168. The number of nitrogens with one attached hydrogen (secondary N) is 1. The van der Waals surface area contributed by atoms with Crippen LogP contribution in [0.5, 0.6) is 0 Å². The molecule has 0 spiro atoms. The van der Waals surface area contributed by atoms with Crippen molar-refractivity contribution >= 4 is 5.71 Å². The van der Waals surface area contributed by atoms with E-state index in [-0.39, 0.29) is 18.5 Å². The van der Waals surface area contributed by atoms with Crippen LogP contribution in [0.4, 0.5) is 13.2 Å². The summed E-state index contributed by atoms with van der Waals surface area (Å²) >= 11 is 0. The van der Waals surface area contributed by atoms with Crippen LogP contribution in [0.2, 0.25) is 0 Å². The highest BCUT2D eigenvalue weighted by Gasteiger charge is 2.21. The monoisotopic (exact) mass is 320 g/mol. The van der Waals surface area contributed by atoms with Crippen molar-refractivity contribution in [3.05, 3.63) is 71.0 Å². The van der Waals surface area contributed by atoms with Crippen molar-refractivity contribution in [1.82, 2.24) is 5.32 Å². The number of rotatable bonds is 5. The van der Waals surface area contributed by atoms with Crippen LogP contribution in [0.3, 0.4) is 0 Å². The Labute approximate surface area is 131 Å². The van der Waals surface area contributed by atoms with E-state index in [0.29, 0.717) is 18.5 Å². The highest BCUT2D eigenvalue weighted by atomic mass is 19.1. The molecule has 1 heterocycles. The molecule has 0 fully saturated rings. The number of nitrogens with zero attached hydrogens (tertiary/aromatic N) is 1. The summed E-state index contributed by atoms with van der Waals surface area (Å²) in [6, 6.07) is 9.55. The number of hydrogen-bond donors (Lipinski definition) is 1. The molecule has 0 amide bonds. The van der Waals surface area contributed by atoms with Gasteiger partial charge in [-0.05, 0) is 23.8 Å². The average Bonchev–Trinajstić information content (AvgIpc) is 2.99. The van der Waals surface area contributed by atoms with Crippen molar-refractivity contribution in [2.45, 2.75) is 19.1 Å². The Morgan fingerprint density at radius 1 is 1.04 bits per heavy atom. The highest BCUT2D eigenvalue weighted by Crippen LogP contribution is 2.17. The molecule has 0 bridgehead atoms. The van der Waals surface area contributed by atoms with E-state index in [4.69, 9.17) is 4.84 Å². The van der Waals surface area contributed by atoms with Gasteiger partial charge in [-0.3, -0.25) is 0 Å². The van der Waals surface area contributed by atoms with E-state index in [1.807, 2.05) is 0 Å². The van der Waals surface area contributed by atoms with Crippen molar-refractivity contribution in [3.63, 3.8) is 0 Å². The fourth-order valence-electron chi connectivity index (χ4n) is 2.38. The first-order chi connectivity index (χ1) is 11.1. The molecule has 6 heteroatoms. The van der Waals surface area contributed by atoms with Gasteiger partial charge in [-0.25, -0.2) is 13.2 Å². The smallest absolute Gasteiger partial charge is 0.145 e. The second kappa shape index (κ2) is 6.83. The second-order valence-corrected chi connectivity index (χ2v) is 5.34. The first-order valence-corrected chi connectivity index (χ1v) is 7.25. The Hall–Kier alpha value is -2.34. The number of oxime groups is 1. The van der Waals surface area contributed by atoms with Crippen LogP contribution in [0.1, 0.15) is 17.5 Å². The lowest BCUT2D eigenvalue weighted by Crippen LogP contribution is -2.27. The maximum Gasteiger partial charge on any atom is 0.145 e. The lowest BCUT2D eigenvalue weighted by molar-refractivity contribution is 0.0848. The molecular weight excluding hydrogens is 305 g/mol. The molecule has 0 saturated heterocycles. The van der Waals surface area contributed by atoms with Crippen LogP contribution in [-0.2, 0) is 11.4 Å². The predicted octanol–water partition coefficient (Wildman–Crippen LogP) is 3.39. The quantitative estimate of drug-likeness (QED) is 0.916. The number of benzene rings is 2. The maximum atomic E-state index is 13.5. The number of hydrogen-bond acceptors (Lipinski definition) is 3. The van der Waals surface area contributed by atoms with Gasteiger partial charge >= 0.3 is 0 Å².